The number of phosphoric acid groups is 1. The molecule has 8 nitrogen and oxygen atoms in total. The van der Waals surface area contributed by atoms with Crippen molar-refractivity contribution in [1.29, 1.82) is 0 Å². The van der Waals surface area contributed by atoms with Crippen LogP contribution in [0, 0.1) is 0 Å². The van der Waals surface area contributed by atoms with Crippen LogP contribution in [0.3, 0.4) is 0 Å². The first-order valence-corrected chi connectivity index (χ1v) is 20.3. The molecule has 49 heavy (non-hydrogen) atoms. The average Bonchev–Trinajstić information content (AvgIpc) is 3.07. The van der Waals surface area contributed by atoms with Crippen LogP contribution in [0.25, 0.3) is 0 Å². The van der Waals surface area contributed by atoms with Gasteiger partial charge in [0, 0.05) is 12.8 Å². The highest BCUT2D eigenvalue weighted by Crippen LogP contribution is 2.35. The zero-order chi connectivity index (χ0) is 36.1. The summed E-state index contributed by atoms with van der Waals surface area (Å²) in [7, 11) is -4.77. The molecule has 0 bridgehead atoms. The van der Waals surface area contributed by atoms with Crippen LogP contribution in [0.2, 0.25) is 0 Å². The molecule has 0 rings (SSSR count). The molecule has 0 aliphatic heterocycles. The van der Waals surface area contributed by atoms with Crippen LogP contribution in [0.5, 0.6) is 0 Å². The zero-order valence-electron chi connectivity index (χ0n) is 30.6. The Morgan fingerprint density at radius 3 is 1.51 bits per heavy atom. The molecular formula is C40H67O8P. The average molecular weight is 707 g/mol. The smallest absolute Gasteiger partial charge is 0.462 e. The fraction of sp³-hybridized carbons (Fsp3) is 0.650. The number of phosphoric ester groups is 1. The lowest BCUT2D eigenvalue weighted by atomic mass is 10.1. The molecule has 0 aliphatic carbocycles. The van der Waals surface area contributed by atoms with Gasteiger partial charge in [-0.1, -0.05) is 125 Å². The van der Waals surface area contributed by atoms with E-state index < -0.39 is 32.5 Å². The Balaban J connectivity index is 4.09. The predicted molar refractivity (Wildman–Crippen MR) is 202 cm³/mol. The van der Waals surface area contributed by atoms with Crippen molar-refractivity contribution < 1.29 is 37.9 Å². The summed E-state index contributed by atoms with van der Waals surface area (Å²) in [5, 5.41) is 0. The molecule has 0 aliphatic rings. The first-order chi connectivity index (χ1) is 23.8. The number of ether oxygens (including phenoxy) is 2. The molecule has 0 fully saturated rings. The fourth-order valence-electron chi connectivity index (χ4n) is 4.69. The molecule has 1 unspecified atom stereocenters. The summed E-state index contributed by atoms with van der Waals surface area (Å²) in [5.74, 6) is -0.957. The summed E-state index contributed by atoms with van der Waals surface area (Å²) in [6.45, 7) is 3.48. The molecule has 1 atom stereocenters. The van der Waals surface area contributed by atoms with E-state index in [-0.39, 0.29) is 19.4 Å². The molecule has 0 saturated carbocycles. The highest BCUT2D eigenvalue weighted by atomic mass is 31.2. The molecule has 0 spiro atoms. The van der Waals surface area contributed by atoms with E-state index in [9.17, 15) is 14.2 Å². The van der Waals surface area contributed by atoms with E-state index in [0.29, 0.717) is 12.8 Å². The van der Waals surface area contributed by atoms with Crippen molar-refractivity contribution in [2.45, 2.75) is 155 Å². The van der Waals surface area contributed by atoms with Crippen molar-refractivity contribution in [2.24, 2.45) is 0 Å². The fourth-order valence-corrected chi connectivity index (χ4v) is 5.05. The number of esters is 2. The molecule has 0 amide bonds. The van der Waals surface area contributed by atoms with E-state index >= 15 is 0 Å². The topological polar surface area (TPSA) is 119 Å². The van der Waals surface area contributed by atoms with Gasteiger partial charge in [-0.15, -0.1) is 0 Å². The molecule has 0 radical (unpaired) electrons. The van der Waals surface area contributed by atoms with Crippen molar-refractivity contribution >= 4 is 19.8 Å². The lowest BCUT2D eigenvalue weighted by Gasteiger charge is -2.18. The highest BCUT2D eigenvalue weighted by molar-refractivity contribution is 7.46. The Bertz CT molecular complexity index is 1020. The number of carbonyl (C=O) groups excluding carboxylic acids is 2. The number of carbonyl (C=O) groups is 2. The Morgan fingerprint density at radius 2 is 0.980 bits per heavy atom. The second kappa shape index (κ2) is 35.3. The second-order valence-electron chi connectivity index (χ2n) is 12.2. The summed E-state index contributed by atoms with van der Waals surface area (Å²) in [4.78, 5) is 42.7. The van der Waals surface area contributed by atoms with Crippen LogP contribution >= 0.6 is 7.82 Å². The van der Waals surface area contributed by atoms with Gasteiger partial charge in [0.15, 0.2) is 6.10 Å². The van der Waals surface area contributed by atoms with Gasteiger partial charge in [0.05, 0.1) is 6.61 Å². The Morgan fingerprint density at radius 1 is 0.551 bits per heavy atom. The summed E-state index contributed by atoms with van der Waals surface area (Å²) in [6.07, 6.45) is 44.8. The number of allylic oxidation sites excluding steroid dienone is 12. The SMILES string of the molecule is CC/C=C\C/C=C\C/C=C\C/C=C\CCCCC(=O)OC(COC(=O)CCCCCCC/C=C\C/C=C\CCCCCC)COP(=O)(O)O. The van der Waals surface area contributed by atoms with Crippen LogP contribution in [-0.2, 0) is 28.2 Å². The third kappa shape index (κ3) is 38.1. The van der Waals surface area contributed by atoms with Gasteiger partial charge in [0.2, 0.25) is 0 Å². The lowest BCUT2D eigenvalue weighted by Crippen LogP contribution is -2.29. The zero-order valence-corrected chi connectivity index (χ0v) is 31.5. The van der Waals surface area contributed by atoms with E-state index in [1.165, 1.54) is 32.1 Å². The number of unbranched alkanes of at least 4 members (excludes halogenated alkanes) is 11. The molecule has 2 N–H and O–H groups in total. The normalized spacial score (nSPS) is 13.3. The van der Waals surface area contributed by atoms with Gasteiger partial charge in [0.25, 0.3) is 0 Å². The van der Waals surface area contributed by atoms with Crippen molar-refractivity contribution in [3.63, 3.8) is 0 Å². The van der Waals surface area contributed by atoms with Gasteiger partial charge in [-0.25, -0.2) is 4.57 Å². The van der Waals surface area contributed by atoms with Crippen LogP contribution in [0.15, 0.2) is 72.9 Å². The van der Waals surface area contributed by atoms with E-state index in [4.69, 9.17) is 19.3 Å². The van der Waals surface area contributed by atoms with Crippen LogP contribution < -0.4 is 0 Å². The Hall–Kier alpha value is -2.51. The highest BCUT2D eigenvalue weighted by Gasteiger charge is 2.22. The quantitative estimate of drug-likeness (QED) is 0.0299. The second-order valence-corrected chi connectivity index (χ2v) is 13.4. The third-order valence-electron chi connectivity index (χ3n) is 7.46. The predicted octanol–water partition coefficient (Wildman–Crippen LogP) is 11.1. The maximum Gasteiger partial charge on any atom is 0.469 e. The van der Waals surface area contributed by atoms with E-state index in [1.807, 2.05) is 0 Å². The molecule has 280 valence electrons. The van der Waals surface area contributed by atoms with Gasteiger partial charge in [-0.3, -0.25) is 14.1 Å². The van der Waals surface area contributed by atoms with Gasteiger partial charge in [-0.2, -0.15) is 0 Å². The third-order valence-corrected chi connectivity index (χ3v) is 7.94. The number of hydrogen-bond donors (Lipinski definition) is 2. The molecule has 0 aromatic carbocycles. The summed E-state index contributed by atoms with van der Waals surface area (Å²) in [5.41, 5.74) is 0. The lowest BCUT2D eigenvalue weighted by molar-refractivity contribution is -0.161. The van der Waals surface area contributed by atoms with Crippen molar-refractivity contribution in [3.8, 4) is 0 Å². The monoisotopic (exact) mass is 706 g/mol. The van der Waals surface area contributed by atoms with Crippen LogP contribution in [-0.4, -0.2) is 41.0 Å². The van der Waals surface area contributed by atoms with Crippen molar-refractivity contribution in [2.75, 3.05) is 13.2 Å². The van der Waals surface area contributed by atoms with Gasteiger partial charge in [-0.05, 0) is 83.5 Å². The minimum Gasteiger partial charge on any atom is -0.462 e. The first-order valence-electron chi connectivity index (χ1n) is 18.7. The molecule has 0 saturated heterocycles. The molecule has 0 aromatic heterocycles. The first kappa shape index (κ1) is 46.5. The molecular weight excluding hydrogens is 639 g/mol. The molecule has 0 aromatic rings. The molecule has 0 heterocycles. The summed E-state index contributed by atoms with van der Waals surface area (Å²) in [6, 6.07) is 0. The Kier molecular flexibility index (Phi) is 33.5. The molecule has 9 heteroatoms. The van der Waals surface area contributed by atoms with Crippen LogP contribution in [0.1, 0.15) is 149 Å². The van der Waals surface area contributed by atoms with Crippen molar-refractivity contribution in [1.82, 2.24) is 0 Å². The maximum absolute atomic E-state index is 12.3. The van der Waals surface area contributed by atoms with Crippen LogP contribution in [0.4, 0.5) is 0 Å². The largest absolute Gasteiger partial charge is 0.469 e. The standard InChI is InChI=1S/C40H67O8P/c1-3-5-7-9-11-13-15-17-19-21-22-24-26-28-30-32-34-39(41)46-36-38(37-47-49(43,44)45)48-40(42)35-33-31-29-27-25-23-20-18-16-14-12-10-8-6-4-2/h6,8,12-15,18-21,25,27,38H,3-5,7,9-11,16-17,22-24,26,28-37H2,1-2H3,(H2,43,44,45)/b8-6-,14-12-,15-13-,20-18-,21-19-,27-25-. The van der Waals surface area contributed by atoms with E-state index in [0.717, 1.165) is 77.0 Å². The minimum atomic E-state index is -4.77. The number of rotatable bonds is 33. The minimum absolute atomic E-state index is 0.153. The van der Waals surface area contributed by atoms with E-state index in [2.05, 4.69) is 91.3 Å². The van der Waals surface area contributed by atoms with Gasteiger partial charge in [0.1, 0.15) is 6.61 Å². The number of hydrogen-bond acceptors (Lipinski definition) is 6. The van der Waals surface area contributed by atoms with Crippen molar-refractivity contribution in [3.05, 3.63) is 72.9 Å². The maximum atomic E-state index is 12.3. The van der Waals surface area contributed by atoms with E-state index in [1.54, 1.807) is 0 Å². The Labute approximate surface area is 298 Å². The summed E-state index contributed by atoms with van der Waals surface area (Å²) < 4.78 is 26.2. The van der Waals surface area contributed by atoms with Gasteiger partial charge >= 0.3 is 19.8 Å². The van der Waals surface area contributed by atoms with Gasteiger partial charge < -0.3 is 19.3 Å². The summed E-state index contributed by atoms with van der Waals surface area (Å²) >= 11 is 0.